The van der Waals surface area contributed by atoms with E-state index in [1.807, 2.05) is 42.3 Å². The number of thiazole rings is 1. The second-order valence-electron chi connectivity index (χ2n) is 17.4. The van der Waals surface area contributed by atoms with E-state index in [0.717, 1.165) is 26.5 Å². The van der Waals surface area contributed by atoms with Gasteiger partial charge in [-0.25, -0.2) is 19.4 Å². The molecule has 326 valence electrons. The van der Waals surface area contributed by atoms with Crippen LogP contribution in [0.1, 0.15) is 62.3 Å². The van der Waals surface area contributed by atoms with Crippen molar-refractivity contribution in [1.29, 1.82) is 0 Å². The number of carbonyl (C=O) groups excluding carboxylic acids is 3. The molecule has 2 aromatic carbocycles. The minimum atomic E-state index is -0.762. The van der Waals surface area contributed by atoms with E-state index < -0.39 is 35.1 Å². The van der Waals surface area contributed by atoms with Crippen LogP contribution in [0.4, 0.5) is 26.0 Å². The number of aromatic nitrogens is 4. The van der Waals surface area contributed by atoms with Gasteiger partial charge in [0, 0.05) is 70.7 Å². The molecule has 1 fully saturated rings. The molecular weight excluding hydrogens is 810 g/mol. The van der Waals surface area contributed by atoms with Crippen LogP contribution in [0.3, 0.4) is 0 Å². The Morgan fingerprint density at radius 3 is 1.63 bits per heavy atom. The molecule has 3 amide bonds. The maximum absolute atomic E-state index is 13.5. The highest BCUT2D eigenvalue weighted by Gasteiger charge is 2.30. The Balaban J connectivity index is 1.32. The topological polar surface area (TPSA) is 156 Å². The highest BCUT2D eigenvalue weighted by atomic mass is 35.5. The Hall–Kier alpha value is -5.16. The molecule has 16 nitrogen and oxygen atoms in total. The van der Waals surface area contributed by atoms with E-state index in [-0.39, 0.29) is 76.2 Å². The Kier molecular flexibility index (Phi) is 14.9. The summed E-state index contributed by atoms with van der Waals surface area (Å²) in [6.45, 7) is 18.1. The number of amides is 3. The molecule has 1 aliphatic heterocycles. The second kappa shape index (κ2) is 19.5. The molecular formula is C42H58ClN9O7S. The number of likely N-dealkylation sites (N-methyl/N-ethyl adjacent to an activating group) is 1. The van der Waals surface area contributed by atoms with E-state index in [4.69, 9.17) is 35.5 Å². The number of ether oxygens (including phenoxy) is 4. The van der Waals surface area contributed by atoms with Crippen LogP contribution in [-0.2, 0) is 14.2 Å². The van der Waals surface area contributed by atoms with Crippen LogP contribution in [0.2, 0.25) is 5.28 Å². The number of carbonyl (C=O) groups is 3. The molecule has 0 bridgehead atoms. The zero-order valence-corrected chi connectivity index (χ0v) is 37.9. The minimum absolute atomic E-state index is 0.0247. The molecule has 0 saturated carbocycles. The number of nitrogens with zero attached hydrogens (tertiary/aromatic N) is 9. The van der Waals surface area contributed by atoms with E-state index in [0.29, 0.717) is 6.54 Å². The molecule has 5 rings (SSSR count). The first-order valence-corrected chi connectivity index (χ1v) is 21.2. The highest BCUT2D eigenvalue weighted by molar-refractivity contribution is 7.21. The zero-order valence-electron chi connectivity index (χ0n) is 36.4. The van der Waals surface area contributed by atoms with Crippen LogP contribution in [0, 0.1) is 0 Å². The normalized spacial score (nSPS) is 14.9. The van der Waals surface area contributed by atoms with Crippen LogP contribution in [0.5, 0.6) is 6.01 Å². The number of rotatable bonds is 7. The van der Waals surface area contributed by atoms with E-state index in [1.54, 1.807) is 73.7 Å². The molecule has 1 saturated heterocycles. The summed E-state index contributed by atoms with van der Waals surface area (Å²) in [5.74, 6) is 0.199. The lowest BCUT2D eigenvalue weighted by Crippen LogP contribution is -2.51. The van der Waals surface area contributed by atoms with Crippen LogP contribution < -0.4 is 14.5 Å². The summed E-state index contributed by atoms with van der Waals surface area (Å²) < 4.78 is 24.4. The summed E-state index contributed by atoms with van der Waals surface area (Å²) in [6, 6.07) is 16.3. The molecule has 0 spiro atoms. The van der Waals surface area contributed by atoms with E-state index in [1.165, 1.54) is 14.7 Å². The molecule has 0 N–H and O–H groups in total. The predicted molar refractivity (Wildman–Crippen MR) is 234 cm³/mol. The third-order valence-electron chi connectivity index (χ3n) is 8.88. The van der Waals surface area contributed by atoms with Gasteiger partial charge in [0.15, 0.2) is 0 Å². The fraction of sp³-hybridized carbons (Fsp3) is 0.548. The average molecular weight is 869 g/mol. The number of benzene rings is 2. The molecule has 0 aliphatic carbocycles. The van der Waals surface area contributed by atoms with Crippen molar-refractivity contribution in [3.63, 3.8) is 0 Å². The van der Waals surface area contributed by atoms with Crippen molar-refractivity contribution < 1.29 is 33.3 Å². The van der Waals surface area contributed by atoms with Crippen LogP contribution >= 0.6 is 22.9 Å². The largest absolute Gasteiger partial charge is 0.461 e. The third-order valence-corrected chi connectivity index (χ3v) is 10.1. The van der Waals surface area contributed by atoms with Crippen molar-refractivity contribution in [3.8, 4) is 16.6 Å². The van der Waals surface area contributed by atoms with Gasteiger partial charge >= 0.3 is 24.3 Å². The molecule has 60 heavy (non-hydrogen) atoms. The lowest BCUT2D eigenvalue weighted by Gasteiger charge is -2.35. The Bertz CT molecular complexity index is 2010. The number of hydrogen-bond donors (Lipinski definition) is 0. The van der Waals surface area contributed by atoms with Crippen molar-refractivity contribution in [2.75, 3.05) is 82.4 Å². The van der Waals surface area contributed by atoms with Crippen molar-refractivity contribution in [2.45, 2.75) is 79.1 Å². The monoisotopic (exact) mass is 867 g/mol. The zero-order chi connectivity index (χ0) is 43.8. The van der Waals surface area contributed by atoms with Gasteiger partial charge in [-0.2, -0.15) is 15.0 Å². The van der Waals surface area contributed by atoms with Crippen LogP contribution in [0.15, 0.2) is 48.5 Å². The summed E-state index contributed by atoms with van der Waals surface area (Å²) in [5.41, 5.74) is 0.746. The molecule has 0 unspecified atom stereocenters. The molecule has 0 radical (unpaired) electrons. The fourth-order valence-corrected chi connectivity index (χ4v) is 7.04. The fourth-order valence-electron chi connectivity index (χ4n) is 5.93. The molecule has 2 aromatic heterocycles. The Morgan fingerprint density at radius 1 is 0.667 bits per heavy atom. The molecule has 1 aliphatic rings. The maximum atomic E-state index is 13.5. The minimum Gasteiger partial charge on any atom is -0.461 e. The Labute approximate surface area is 361 Å². The van der Waals surface area contributed by atoms with Crippen molar-refractivity contribution in [1.82, 2.24) is 34.6 Å². The van der Waals surface area contributed by atoms with Crippen molar-refractivity contribution >= 4 is 63.1 Å². The lowest BCUT2D eigenvalue weighted by molar-refractivity contribution is 0.00805. The van der Waals surface area contributed by atoms with Crippen molar-refractivity contribution in [2.24, 2.45) is 0 Å². The second-order valence-corrected chi connectivity index (χ2v) is 18.7. The van der Waals surface area contributed by atoms with Crippen LogP contribution in [-0.4, -0.2) is 142 Å². The first-order chi connectivity index (χ1) is 28.1. The van der Waals surface area contributed by atoms with Gasteiger partial charge < -0.3 is 43.4 Å². The van der Waals surface area contributed by atoms with Gasteiger partial charge in [-0.1, -0.05) is 12.1 Å². The highest BCUT2D eigenvalue weighted by Crippen LogP contribution is 2.31. The average Bonchev–Trinajstić information content (AvgIpc) is 3.57. The number of halogens is 1. The van der Waals surface area contributed by atoms with Gasteiger partial charge in [0.25, 0.3) is 0 Å². The maximum Gasteiger partial charge on any atom is 0.410 e. The molecule has 4 aromatic rings. The molecule has 18 heteroatoms. The van der Waals surface area contributed by atoms with Gasteiger partial charge in [-0.05, 0) is 110 Å². The quantitative estimate of drug-likeness (QED) is 0.166. The SMILES string of the molecule is CN(CCOc1nc(Cl)nc(N2CCN(C(=O)OC(C)(C)C)CCN(C(=O)OC(C)(C)C)CCN(C(=O)OC(C)(C)C)CC2)n1)c1ccc(-c2nc3ccccc3s2)cc1. The van der Waals surface area contributed by atoms with Gasteiger partial charge in [-0.15, -0.1) is 11.3 Å². The lowest BCUT2D eigenvalue weighted by atomic mass is 10.2. The third kappa shape index (κ3) is 14.0. The van der Waals surface area contributed by atoms with E-state index >= 15 is 0 Å². The molecule has 3 heterocycles. The predicted octanol–water partition coefficient (Wildman–Crippen LogP) is 7.85. The van der Waals surface area contributed by atoms with Gasteiger partial charge in [0.05, 0.1) is 16.8 Å². The summed E-state index contributed by atoms with van der Waals surface area (Å²) in [6.07, 6.45) is -1.66. The van der Waals surface area contributed by atoms with Gasteiger partial charge in [0.2, 0.25) is 11.2 Å². The summed E-state index contributed by atoms with van der Waals surface area (Å²) in [4.78, 5) is 67.0. The molecule has 0 atom stereocenters. The van der Waals surface area contributed by atoms with Crippen LogP contribution in [0.25, 0.3) is 20.8 Å². The van der Waals surface area contributed by atoms with E-state index in [9.17, 15) is 14.4 Å². The number of para-hydroxylation sites is 1. The number of anilines is 2. The first kappa shape index (κ1) is 45.9. The number of hydrogen-bond acceptors (Lipinski definition) is 14. The van der Waals surface area contributed by atoms with Crippen molar-refractivity contribution in [3.05, 3.63) is 53.8 Å². The van der Waals surface area contributed by atoms with Gasteiger partial charge in [0.1, 0.15) is 28.4 Å². The number of fused-ring (bicyclic) bond motifs is 1. The van der Waals surface area contributed by atoms with Gasteiger partial charge in [-0.3, -0.25) is 0 Å². The standard InChI is InChI=1S/C42H58ClN9O7S/c1-40(2,3)57-37(53)50-21-19-49(20-22-51(38(54)58-41(4,5)6)24-26-52(25-23-50)39(55)59-42(7,8)9)35-45-34(43)46-36(47-35)56-28-27-48(10)30-17-15-29(16-18-30)33-44-31-13-11-12-14-32(31)60-33/h11-18H,19-28H2,1-10H3. The first-order valence-electron chi connectivity index (χ1n) is 20.0. The summed E-state index contributed by atoms with van der Waals surface area (Å²) in [5, 5.41) is 0.884. The Morgan fingerprint density at radius 2 is 1.15 bits per heavy atom. The summed E-state index contributed by atoms with van der Waals surface area (Å²) in [7, 11) is 1.97. The van der Waals surface area contributed by atoms with E-state index in [2.05, 4.69) is 38.1 Å². The smallest absolute Gasteiger partial charge is 0.410 e. The summed E-state index contributed by atoms with van der Waals surface area (Å²) >= 11 is 8.13.